The number of aromatic nitrogens is 3. The van der Waals surface area contributed by atoms with Crippen molar-refractivity contribution >= 4 is 37.7 Å². The fraction of sp³-hybridized carbons (Fsp3) is 0.304. The van der Waals surface area contributed by atoms with Crippen LogP contribution in [0.25, 0.3) is 21.3 Å². The lowest BCUT2D eigenvalue weighted by molar-refractivity contribution is 0.116. The third-order valence-corrected chi connectivity index (χ3v) is 6.63. The number of rotatable bonds is 4. The molecule has 1 saturated carbocycles. The maximum Gasteiger partial charge on any atom is 0.184 e. The van der Waals surface area contributed by atoms with Crippen molar-refractivity contribution in [2.75, 3.05) is 5.32 Å². The minimum atomic E-state index is -0.287. The Labute approximate surface area is 178 Å². The number of thiazole rings is 1. The molecule has 4 aromatic rings. The van der Waals surface area contributed by atoms with Crippen LogP contribution >= 0.6 is 11.3 Å². The van der Waals surface area contributed by atoms with Crippen LogP contribution in [0.3, 0.4) is 0 Å². The van der Waals surface area contributed by atoms with Crippen LogP contribution in [-0.2, 0) is 6.54 Å². The average molecular weight is 418 g/mol. The summed E-state index contributed by atoms with van der Waals surface area (Å²) in [4.78, 5) is 9.21. The van der Waals surface area contributed by atoms with Crippen molar-refractivity contribution in [2.45, 2.75) is 44.4 Å². The summed E-state index contributed by atoms with van der Waals surface area (Å²) in [5.74, 6) is 2.90. The third-order valence-electron chi connectivity index (χ3n) is 5.68. The van der Waals surface area contributed by atoms with Gasteiger partial charge in [0.05, 0.1) is 39.7 Å². The van der Waals surface area contributed by atoms with Gasteiger partial charge in [-0.05, 0) is 54.7 Å². The molecule has 152 valence electrons. The van der Waals surface area contributed by atoms with Crippen molar-refractivity contribution in [3.63, 3.8) is 0 Å². The molecule has 1 fully saturated rings. The predicted octanol–water partition coefficient (Wildman–Crippen LogP) is 3.68. The molecule has 0 aliphatic heterocycles. The molecule has 2 heterocycles. The van der Waals surface area contributed by atoms with E-state index in [0.29, 0.717) is 6.54 Å². The maximum atomic E-state index is 10.2. The Morgan fingerprint density at radius 2 is 2.03 bits per heavy atom. The van der Waals surface area contributed by atoms with Gasteiger partial charge in [0.25, 0.3) is 0 Å². The Morgan fingerprint density at radius 3 is 2.90 bits per heavy atom. The summed E-state index contributed by atoms with van der Waals surface area (Å²) < 4.78 is 3.26. The molecule has 0 amide bonds. The van der Waals surface area contributed by atoms with E-state index in [0.717, 1.165) is 57.6 Å². The highest BCUT2D eigenvalue weighted by molar-refractivity contribution is 7.22. The standard InChI is InChI=1S/C23H23N5OS/c24-10-9-15-5-7-17-20(11-15)28(14-25-17)13-16-6-8-19-22(12-16)30-23(27-19)26-18-3-1-2-4-21(18)29/h5-8,11-12,14,18,21,29H,1-4,13,24H2,(H,26,27)/t18-,21-/m1/s1. The fourth-order valence-corrected chi connectivity index (χ4v) is 5.10. The number of nitrogens with two attached hydrogens (primary N) is 1. The number of hydrogen-bond donors (Lipinski definition) is 3. The lowest BCUT2D eigenvalue weighted by atomic mass is 9.93. The minimum absolute atomic E-state index is 0.0990. The van der Waals surface area contributed by atoms with Crippen molar-refractivity contribution < 1.29 is 5.11 Å². The summed E-state index contributed by atoms with van der Waals surface area (Å²) >= 11 is 1.64. The average Bonchev–Trinajstić information content (AvgIpc) is 3.33. The van der Waals surface area contributed by atoms with Crippen LogP contribution in [0, 0.1) is 12.0 Å². The van der Waals surface area contributed by atoms with Crippen molar-refractivity contribution in [3.05, 3.63) is 53.9 Å². The number of aliphatic hydroxyl groups excluding tert-OH is 1. The van der Waals surface area contributed by atoms with Gasteiger partial charge in [-0.1, -0.05) is 30.2 Å². The minimum Gasteiger partial charge on any atom is -0.391 e. The number of hydrogen-bond acceptors (Lipinski definition) is 6. The van der Waals surface area contributed by atoms with Crippen molar-refractivity contribution in [3.8, 4) is 12.0 Å². The zero-order chi connectivity index (χ0) is 20.5. The number of benzene rings is 2. The molecule has 4 N–H and O–H groups in total. The van der Waals surface area contributed by atoms with Crippen LogP contribution in [0.1, 0.15) is 36.8 Å². The first kappa shape index (κ1) is 18.9. The van der Waals surface area contributed by atoms with E-state index < -0.39 is 0 Å². The molecule has 1 aliphatic rings. The van der Waals surface area contributed by atoms with Gasteiger partial charge in [-0.15, -0.1) is 0 Å². The predicted molar refractivity (Wildman–Crippen MR) is 121 cm³/mol. The number of anilines is 1. The van der Waals surface area contributed by atoms with Gasteiger partial charge in [0.15, 0.2) is 5.13 Å². The molecule has 2 aromatic carbocycles. The molecule has 0 unspecified atom stereocenters. The second-order valence-electron chi connectivity index (χ2n) is 7.77. The highest BCUT2D eigenvalue weighted by atomic mass is 32.1. The Kier molecular flexibility index (Phi) is 5.03. The number of fused-ring (bicyclic) bond motifs is 2. The van der Waals surface area contributed by atoms with Crippen molar-refractivity contribution in [2.24, 2.45) is 5.73 Å². The second-order valence-corrected chi connectivity index (χ2v) is 8.80. The van der Waals surface area contributed by atoms with Gasteiger partial charge >= 0.3 is 0 Å². The fourth-order valence-electron chi connectivity index (χ4n) is 4.11. The van der Waals surface area contributed by atoms with Gasteiger partial charge in [0, 0.05) is 18.2 Å². The summed E-state index contributed by atoms with van der Waals surface area (Å²) in [6, 6.07) is 14.8. The van der Waals surface area contributed by atoms with Gasteiger partial charge in [-0.3, -0.25) is 0 Å². The van der Waals surface area contributed by atoms with Crippen LogP contribution in [0.4, 0.5) is 5.13 Å². The summed E-state index contributed by atoms with van der Waals surface area (Å²) in [6.07, 6.45) is 5.69. The van der Waals surface area contributed by atoms with Crippen molar-refractivity contribution in [1.29, 1.82) is 0 Å². The van der Waals surface area contributed by atoms with Crippen LogP contribution in [0.15, 0.2) is 42.7 Å². The SMILES string of the molecule is NC#Cc1ccc2ncn(Cc3ccc4nc(N[C@@H]5CCCC[C@H]5O)sc4c3)c2c1. The van der Waals surface area contributed by atoms with Gasteiger partial charge in [0.1, 0.15) is 0 Å². The molecule has 0 bridgehead atoms. The van der Waals surface area contributed by atoms with Crippen molar-refractivity contribution in [1.82, 2.24) is 14.5 Å². The van der Waals surface area contributed by atoms with E-state index in [2.05, 4.69) is 45.0 Å². The van der Waals surface area contributed by atoms with Crippen LogP contribution in [0.5, 0.6) is 0 Å². The maximum absolute atomic E-state index is 10.2. The topological polar surface area (TPSA) is 89.0 Å². The second kappa shape index (κ2) is 7.98. The molecule has 0 spiro atoms. The quantitative estimate of drug-likeness (QED) is 0.348. The zero-order valence-electron chi connectivity index (χ0n) is 16.5. The zero-order valence-corrected chi connectivity index (χ0v) is 17.3. The molecule has 1 aliphatic carbocycles. The third kappa shape index (κ3) is 3.72. The summed E-state index contributed by atoms with van der Waals surface area (Å²) in [5, 5.41) is 14.6. The van der Waals surface area contributed by atoms with Crippen LogP contribution < -0.4 is 11.1 Å². The molecule has 2 atom stereocenters. The largest absolute Gasteiger partial charge is 0.391 e. The number of nitrogens with zero attached hydrogens (tertiary/aromatic N) is 3. The molecular formula is C23H23N5OS. The van der Waals surface area contributed by atoms with E-state index in [9.17, 15) is 5.11 Å². The first-order chi connectivity index (χ1) is 14.7. The molecule has 6 nitrogen and oxygen atoms in total. The molecule has 30 heavy (non-hydrogen) atoms. The van der Waals surface area contributed by atoms with Gasteiger partial charge in [-0.25, -0.2) is 9.97 Å². The van der Waals surface area contributed by atoms with E-state index >= 15 is 0 Å². The van der Waals surface area contributed by atoms with E-state index in [1.165, 1.54) is 5.56 Å². The highest BCUT2D eigenvalue weighted by Gasteiger charge is 2.23. The van der Waals surface area contributed by atoms with E-state index in [1.807, 2.05) is 24.5 Å². The molecular weight excluding hydrogens is 394 g/mol. The smallest absolute Gasteiger partial charge is 0.184 e. The highest BCUT2D eigenvalue weighted by Crippen LogP contribution is 2.30. The summed E-state index contributed by atoms with van der Waals surface area (Å²) in [7, 11) is 0. The molecule has 7 heteroatoms. The number of imidazole rings is 1. The first-order valence-corrected chi connectivity index (χ1v) is 11.0. The Bertz CT molecular complexity index is 1270. The van der Waals surface area contributed by atoms with E-state index in [-0.39, 0.29) is 12.1 Å². The Morgan fingerprint density at radius 1 is 1.17 bits per heavy atom. The van der Waals surface area contributed by atoms with Gasteiger partial charge in [0.2, 0.25) is 0 Å². The normalized spacial score (nSPS) is 19.0. The Balaban J connectivity index is 1.39. The molecule has 5 rings (SSSR count). The van der Waals surface area contributed by atoms with Crippen LogP contribution in [-0.4, -0.2) is 31.8 Å². The number of aliphatic hydroxyl groups is 1. The van der Waals surface area contributed by atoms with Gasteiger partial charge < -0.3 is 20.7 Å². The Hall–Kier alpha value is -3.08. The van der Waals surface area contributed by atoms with E-state index in [1.54, 1.807) is 11.3 Å². The lowest BCUT2D eigenvalue weighted by Crippen LogP contribution is -2.36. The molecule has 0 radical (unpaired) electrons. The molecule has 2 aromatic heterocycles. The summed E-state index contributed by atoms with van der Waals surface area (Å²) in [5.41, 5.74) is 10.4. The molecule has 0 saturated heterocycles. The lowest BCUT2D eigenvalue weighted by Gasteiger charge is -2.27. The van der Waals surface area contributed by atoms with E-state index in [4.69, 9.17) is 10.7 Å². The van der Waals surface area contributed by atoms with Gasteiger partial charge in [-0.2, -0.15) is 0 Å². The monoisotopic (exact) mass is 417 g/mol. The first-order valence-electron chi connectivity index (χ1n) is 10.2. The van der Waals surface area contributed by atoms with Crippen LogP contribution in [0.2, 0.25) is 0 Å². The summed E-state index contributed by atoms with van der Waals surface area (Å²) in [6.45, 7) is 0.716. The number of nitrogens with one attached hydrogen (secondary N) is 1.